The lowest BCUT2D eigenvalue weighted by atomic mass is 10.1. The third kappa shape index (κ3) is 2.84. The first kappa shape index (κ1) is 15.3. The van der Waals surface area contributed by atoms with E-state index in [0.29, 0.717) is 5.69 Å². The Kier molecular flexibility index (Phi) is 3.48. The van der Waals surface area contributed by atoms with Gasteiger partial charge in [0.15, 0.2) is 0 Å². The van der Waals surface area contributed by atoms with Crippen LogP contribution in [0.4, 0.5) is 8.78 Å². The molecule has 1 amide bonds. The molecule has 0 bridgehead atoms. The van der Waals surface area contributed by atoms with Gasteiger partial charge in [0.2, 0.25) is 15.9 Å². The van der Waals surface area contributed by atoms with E-state index in [1.165, 1.54) is 10.5 Å². The van der Waals surface area contributed by atoms with Gasteiger partial charge in [-0.25, -0.2) is 17.2 Å². The van der Waals surface area contributed by atoms with E-state index in [9.17, 15) is 22.0 Å². The van der Waals surface area contributed by atoms with Crippen molar-refractivity contribution in [3.05, 3.63) is 18.0 Å². The van der Waals surface area contributed by atoms with Crippen LogP contribution >= 0.6 is 0 Å². The third-order valence-electron chi connectivity index (χ3n) is 3.93. The van der Waals surface area contributed by atoms with Crippen molar-refractivity contribution in [2.24, 2.45) is 0 Å². The maximum Gasteiger partial charge on any atom is 0.282 e. The van der Waals surface area contributed by atoms with Crippen LogP contribution in [0.3, 0.4) is 0 Å². The molecule has 1 aromatic rings. The van der Waals surface area contributed by atoms with Gasteiger partial charge in [-0.2, -0.15) is 9.40 Å². The maximum atomic E-state index is 12.8. The molecule has 3 heterocycles. The Bertz CT molecular complexity index is 695. The molecule has 0 aliphatic carbocycles. The van der Waals surface area contributed by atoms with E-state index < -0.39 is 41.0 Å². The molecule has 0 radical (unpaired) electrons. The number of carbonyl (C=O) groups is 1. The Labute approximate surface area is 126 Å². The van der Waals surface area contributed by atoms with Crippen molar-refractivity contribution in [3.63, 3.8) is 0 Å². The molecule has 0 aromatic carbocycles. The predicted octanol–water partition coefficient (Wildman–Crippen LogP) is 0.0670. The van der Waals surface area contributed by atoms with E-state index in [1.807, 2.05) is 0 Å². The van der Waals surface area contributed by atoms with Crippen LogP contribution in [0.15, 0.2) is 12.3 Å². The number of alkyl halides is 2. The largest absolute Gasteiger partial charge is 0.330 e. The van der Waals surface area contributed by atoms with Gasteiger partial charge in [0.05, 0.1) is 44.0 Å². The standard InChI is InChI=1S/C12H16F2N4O3S/c1-22(20,21)17-5-9-2-3-15-18(9)10(6-17)4-11(19)16-7-12(13,14)8-16/h2-3,10H,4-8H2,1H3. The van der Waals surface area contributed by atoms with Crippen molar-refractivity contribution in [1.82, 2.24) is 19.0 Å². The summed E-state index contributed by atoms with van der Waals surface area (Å²) in [6, 6.07) is 1.21. The van der Waals surface area contributed by atoms with Crippen LogP contribution in [0.1, 0.15) is 18.2 Å². The summed E-state index contributed by atoms with van der Waals surface area (Å²) in [7, 11) is -3.40. The van der Waals surface area contributed by atoms with Crippen LogP contribution in [-0.2, 0) is 21.4 Å². The Morgan fingerprint density at radius 3 is 2.73 bits per heavy atom. The molecule has 1 aromatic heterocycles. The van der Waals surface area contributed by atoms with E-state index in [4.69, 9.17) is 0 Å². The molecule has 3 rings (SSSR count). The highest BCUT2D eigenvalue weighted by atomic mass is 32.2. The van der Waals surface area contributed by atoms with Crippen LogP contribution in [0, 0.1) is 0 Å². The average molecular weight is 334 g/mol. The average Bonchev–Trinajstić information content (AvgIpc) is 2.83. The van der Waals surface area contributed by atoms with Gasteiger partial charge in [0.25, 0.3) is 5.92 Å². The van der Waals surface area contributed by atoms with Gasteiger partial charge in [-0.05, 0) is 6.07 Å². The van der Waals surface area contributed by atoms with Crippen molar-refractivity contribution in [1.29, 1.82) is 0 Å². The molecule has 122 valence electrons. The van der Waals surface area contributed by atoms with Crippen LogP contribution < -0.4 is 0 Å². The number of carbonyl (C=O) groups excluding carboxylic acids is 1. The Balaban J connectivity index is 1.74. The second kappa shape index (κ2) is 4.98. The summed E-state index contributed by atoms with van der Waals surface area (Å²) in [4.78, 5) is 13.1. The Morgan fingerprint density at radius 1 is 1.45 bits per heavy atom. The lowest BCUT2D eigenvalue weighted by Gasteiger charge is -2.40. The molecule has 2 aliphatic rings. The van der Waals surface area contributed by atoms with Gasteiger partial charge in [-0.1, -0.05) is 0 Å². The molecule has 0 saturated carbocycles. The minimum atomic E-state index is -3.40. The number of amides is 1. The topological polar surface area (TPSA) is 75.5 Å². The minimum absolute atomic E-state index is 0.0449. The van der Waals surface area contributed by atoms with Gasteiger partial charge in [-0.3, -0.25) is 9.48 Å². The van der Waals surface area contributed by atoms with Crippen molar-refractivity contribution in [3.8, 4) is 0 Å². The highest BCUT2D eigenvalue weighted by molar-refractivity contribution is 7.88. The zero-order chi connectivity index (χ0) is 16.1. The number of nitrogens with zero attached hydrogens (tertiary/aromatic N) is 4. The fourth-order valence-corrected chi connectivity index (χ4v) is 3.59. The highest BCUT2D eigenvalue weighted by Gasteiger charge is 2.46. The molecular formula is C12H16F2N4O3S. The number of rotatable bonds is 3. The molecule has 10 heteroatoms. The number of sulfonamides is 1. The summed E-state index contributed by atoms with van der Waals surface area (Å²) in [5, 5.41) is 4.12. The normalized spacial score (nSPS) is 24.7. The van der Waals surface area contributed by atoms with Crippen LogP contribution in [0.2, 0.25) is 0 Å². The summed E-state index contributed by atoms with van der Waals surface area (Å²) in [6.45, 7) is -0.824. The zero-order valence-corrected chi connectivity index (χ0v) is 12.8. The van der Waals surface area contributed by atoms with E-state index in [0.717, 1.165) is 11.2 Å². The molecule has 1 unspecified atom stereocenters. The van der Waals surface area contributed by atoms with Gasteiger partial charge >= 0.3 is 0 Å². The number of fused-ring (bicyclic) bond motifs is 1. The molecule has 0 N–H and O–H groups in total. The van der Waals surface area contributed by atoms with Crippen molar-refractivity contribution >= 4 is 15.9 Å². The van der Waals surface area contributed by atoms with E-state index >= 15 is 0 Å². The fraction of sp³-hybridized carbons (Fsp3) is 0.667. The van der Waals surface area contributed by atoms with Gasteiger partial charge in [0, 0.05) is 12.7 Å². The van der Waals surface area contributed by atoms with E-state index in [1.54, 1.807) is 10.7 Å². The smallest absolute Gasteiger partial charge is 0.282 e. The summed E-state index contributed by atoms with van der Waals surface area (Å²) >= 11 is 0. The number of aromatic nitrogens is 2. The monoisotopic (exact) mass is 334 g/mol. The fourth-order valence-electron chi connectivity index (χ4n) is 2.78. The van der Waals surface area contributed by atoms with Crippen molar-refractivity contribution in [2.45, 2.75) is 24.9 Å². The van der Waals surface area contributed by atoms with Gasteiger partial charge in [0.1, 0.15) is 0 Å². The van der Waals surface area contributed by atoms with Crippen molar-refractivity contribution < 1.29 is 22.0 Å². The number of hydrogen-bond acceptors (Lipinski definition) is 4. The van der Waals surface area contributed by atoms with Gasteiger partial charge in [-0.15, -0.1) is 0 Å². The number of halogens is 2. The molecule has 2 aliphatic heterocycles. The van der Waals surface area contributed by atoms with E-state index in [-0.39, 0.29) is 19.5 Å². The van der Waals surface area contributed by atoms with Crippen molar-refractivity contribution in [2.75, 3.05) is 25.9 Å². The Hall–Kier alpha value is -1.55. The summed E-state index contributed by atoms with van der Waals surface area (Å²) in [6.07, 6.45) is 2.60. The number of hydrogen-bond donors (Lipinski definition) is 0. The molecule has 0 spiro atoms. The molecule has 22 heavy (non-hydrogen) atoms. The summed E-state index contributed by atoms with van der Waals surface area (Å²) < 4.78 is 52.0. The highest BCUT2D eigenvalue weighted by Crippen LogP contribution is 2.30. The molecular weight excluding hydrogens is 318 g/mol. The molecule has 1 saturated heterocycles. The lowest BCUT2D eigenvalue weighted by molar-refractivity contribution is -0.166. The quantitative estimate of drug-likeness (QED) is 0.784. The van der Waals surface area contributed by atoms with Crippen LogP contribution in [0.5, 0.6) is 0 Å². The third-order valence-corrected chi connectivity index (χ3v) is 5.14. The first-order chi connectivity index (χ1) is 10.2. The maximum absolute atomic E-state index is 12.8. The molecule has 7 nitrogen and oxygen atoms in total. The lowest BCUT2D eigenvalue weighted by Crippen LogP contribution is -2.59. The predicted molar refractivity (Wildman–Crippen MR) is 72.7 cm³/mol. The van der Waals surface area contributed by atoms with E-state index in [2.05, 4.69) is 5.10 Å². The summed E-state index contributed by atoms with van der Waals surface area (Å²) in [5.74, 6) is -3.22. The van der Waals surface area contributed by atoms with Crippen LogP contribution in [0.25, 0.3) is 0 Å². The zero-order valence-electron chi connectivity index (χ0n) is 11.9. The minimum Gasteiger partial charge on any atom is -0.330 e. The van der Waals surface area contributed by atoms with Crippen LogP contribution in [-0.4, -0.2) is 65.1 Å². The molecule has 1 fully saturated rings. The first-order valence-corrected chi connectivity index (χ1v) is 8.64. The SMILES string of the molecule is CS(=O)(=O)N1Cc2ccnn2C(CC(=O)N2CC(F)(F)C2)C1. The second-order valence-electron chi connectivity index (χ2n) is 5.79. The first-order valence-electron chi connectivity index (χ1n) is 6.79. The second-order valence-corrected chi connectivity index (χ2v) is 7.77. The Morgan fingerprint density at radius 2 is 2.14 bits per heavy atom. The molecule has 1 atom stereocenters. The van der Waals surface area contributed by atoms with Gasteiger partial charge < -0.3 is 4.90 Å². The summed E-state index contributed by atoms with van der Waals surface area (Å²) in [5.41, 5.74) is 0.684. The number of likely N-dealkylation sites (tertiary alicyclic amines) is 1.